The summed E-state index contributed by atoms with van der Waals surface area (Å²) in [5.74, 6) is 0.931. The fraction of sp³-hybridized carbons (Fsp3) is 0.818. The summed E-state index contributed by atoms with van der Waals surface area (Å²) < 4.78 is 2.34. The molecule has 0 saturated heterocycles. The van der Waals surface area contributed by atoms with E-state index in [-0.39, 0.29) is 5.92 Å². The summed E-state index contributed by atoms with van der Waals surface area (Å²) >= 11 is 3.38. The molecule has 0 radical (unpaired) electrons. The minimum atomic E-state index is -0.788. The van der Waals surface area contributed by atoms with Crippen LogP contribution in [-0.4, -0.2) is 20.1 Å². The van der Waals surface area contributed by atoms with E-state index in [1.807, 2.05) is 7.05 Å². The van der Waals surface area contributed by atoms with Crippen LogP contribution in [0.1, 0.15) is 38.8 Å². The summed E-state index contributed by atoms with van der Waals surface area (Å²) in [5.41, 5.74) is 0.0238. The molecular formula is C11H18BrN3O. The summed E-state index contributed by atoms with van der Waals surface area (Å²) in [6.07, 6.45) is 2.89. The molecular weight excluding hydrogens is 270 g/mol. The third kappa shape index (κ3) is 1.80. The van der Waals surface area contributed by atoms with E-state index >= 15 is 0 Å². The zero-order valence-electron chi connectivity index (χ0n) is 9.94. The highest BCUT2D eigenvalue weighted by atomic mass is 79.9. The van der Waals surface area contributed by atoms with Gasteiger partial charge in [0.15, 0.2) is 4.60 Å². The molecule has 5 heteroatoms. The molecule has 1 aliphatic rings. The van der Waals surface area contributed by atoms with Gasteiger partial charge in [0, 0.05) is 7.05 Å². The second kappa shape index (κ2) is 4.11. The number of nitrogens with zero attached hydrogens (tertiary/aromatic N) is 3. The van der Waals surface area contributed by atoms with Gasteiger partial charge in [0.1, 0.15) is 11.3 Å². The Bertz CT molecular complexity index is 373. The van der Waals surface area contributed by atoms with Crippen molar-refractivity contribution in [1.29, 1.82) is 0 Å². The van der Waals surface area contributed by atoms with Gasteiger partial charge in [-0.25, -0.2) is 4.68 Å². The number of aromatic nitrogens is 3. The van der Waals surface area contributed by atoms with Crippen LogP contribution in [-0.2, 0) is 12.6 Å². The molecule has 1 N–H and O–H groups in total. The van der Waals surface area contributed by atoms with E-state index in [0.717, 1.165) is 25.0 Å². The summed E-state index contributed by atoms with van der Waals surface area (Å²) in [6, 6.07) is 0. The minimum Gasteiger partial charge on any atom is -0.383 e. The molecule has 4 nitrogen and oxygen atoms in total. The summed E-state index contributed by atoms with van der Waals surface area (Å²) in [5, 5.41) is 18.8. The summed E-state index contributed by atoms with van der Waals surface area (Å²) in [7, 11) is 1.83. The molecule has 0 bridgehead atoms. The van der Waals surface area contributed by atoms with E-state index in [4.69, 9.17) is 0 Å². The fourth-order valence-electron chi connectivity index (χ4n) is 2.77. The lowest BCUT2D eigenvalue weighted by Crippen LogP contribution is -2.40. The Kier molecular flexibility index (Phi) is 3.09. The van der Waals surface area contributed by atoms with Gasteiger partial charge in [-0.3, -0.25) is 0 Å². The largest absolute Gasteiger partial charge is 0.383 e. The molecule has 1 aliphatic carbocycles. The molecule has 3 unspecified atom stereocenters. The first kappa shape index (κ1) is 12.0. The maximum atomic E-state index is 10.8. The van der Waals surface area contributed by atoms with Crippen molar-refractivity contribution >= 4 is 15.9 Å². The Labute approximate surface area is 104 Å². The Morgan fingerprint density at radius 1 is 1.50 bits per heavy atom. The first-order chi connectivity index (χ1) is 7.45. The first-order valence-corrected chi connectivity index (χ1v) is 6.52. The van der Waals surface area contributed by atoms with Gasteiger partial charge in [0.2, 0.25) is 0 Å². The number of aryl methyl sites for hydroxylation is 1. The van der Waals surface area contributed by atoms with Crippen LogP contribution in [0, 0.1) is 11.8 Å². The predicted molar refractivity (Wildman–Crippen MR) is 64.8 cm³/mol. The highest BCUT2D eigenvalue weighted by Gasteiger charge is 2.43. The smallest absolute Gasteiger partial charge is 0.154 e. The van der Waals surface area contributed by atoms with Gasteiger partial charge in [-0.1, -0.05) is 19.1 Å². The van der Waals surface area contributed by atoms with Gasteiger partial charge in [0.25, 0.3) is 0 Å². The van der Waals surface area contributed by atoms with Crippen LogP contribution < -0.4 is 0 Å². The Hall–Kier alpha value is -0.420. The van der Waals surface area contributed by atoms with Crippen molar-refractivity contribution in [1.82, 2.24) is 15.0 Å². The van der Waals surface area contributed by atoms with E-state index < -0.39 is 5.60 Å². The third-order valence-corrected chi connectivity index (χ3v) is 4.32. The average Bonchev–Trinajstić information content (AvgIpc) is 2.54. The van der Waals surface area contributed by atoms with E-state index in [0.29, 0.717) is 10.5 Å². The van der Waals surface area contributed by atoms with Gasteiger partial charge >= 0.3 is 0 Å². The van der Waals surface area contributed by atoms with Crippen LogP contribution in [0.5, 0.6) is 0 Å². The van der Waals surface area contributed by atoms with Gasteiger partial charge < -0.3 is 5.11 Å². The van der Waals surface area contributed by atoms with Crippen LogP contribution in [0.15, 0.2) is 4.60 Å². The molecule has 0 aliphatic heterocycles. The van der Waals surface area contributed by atoms with E-state index in [1.54, 1.807) is 4.68 Å². The first-order valence-electron chi connectivity index (χ1n) is 5.73. The zero-order valence-corrected chi connectivity index (χ0v) is 11.5. The number of hydrogen-bond acceptors (Lipinski definition) is 3. The van der Waals surface area contributed by atoms with Gasteiger partial charge in [0.05, 0.1) is 0 Å². The lowest BCUT2D eigenvalue weighted by molar-refractivity contribution is -0.0654. The molecule has 1 fully saturated rings. The molecule has 90 valence electrons. The number of aliphatic hydroxyl groups is 1. The normalized spacial score (nSPS) is 35.3. The maximum Gasteiger partial charge on any atom is 0.154 e. The predicted octanol–water partition coefficient (Wildman–Crippen LogP) is 2.22. The van der Waals surface area contributed by atoms with Crippen LogP contribution in [0.2, 0.25) is 0 Å². The van der Waals surface area contributed by atoms with Crippen molar-refractivity contribution in [3.63, 3.8) is 0 Å². The van der Waals surface area contributed by atoms with Gasteiger partial charge in [-0.15, -0.1) is 5.10 Å². The molecule has 0 amide bonds. The maximum absolute atomic E-state index is 10.8. The van der Waals surface area contributed by atoms with Crippen molar-refractivity contribution < 1.29 is 5.11 Å². The van der Waals surface area contributed by atoms with Crippen molar-refractivity contribution in [2.45, 2.75) is 38.7 Å². The van der Waals surface area contributed by atoms with E-state index in [2.05, 4.69) is 40.1 Å². The second-order valence-corrected chi connectivity index (χ2v) is 5.81. The Morgan fingerprint density at radius 2 is 2.19 bits per heavy atom. The fourth-order valence-corrected chi connectivity index (χ4v) is 3.44. The van der Waals surface area contributed by atoms with Crippen LogP contribution in [0.4, 0.5) is 0 Å². The SMILES string of the molecule is CC1CCC(O)(c2c(Br)nnn2C)C(C)C1. The third-order valence-electron chi connectivity index (χ3n) is 3.79. The van der Waals surface area contributed by atoms with Crippen molar-refractivity contribution in [3.05, 3.63) is 10.3 Å². The van der Waals surface area contributed by atoms with Crippen molar-refractivity contribution in [2.75, 3.05) is 0 Å². The van der Waals surface area contributed by atoms with Crippen LogP contribution in [0.25, 0.3) is 0 Å². The molecule has 0 aromatic carbocycles. The molecule has 2 rings (SSSR count). The number of halogens is 1. The van der Waals surface area contributed by atoms with Crippen LogP contribution >= 0.6 is 15.9 Å². The van der Waals surface area contributed by atoms with Crippen LogP contribution in [0.3, 0.4) is 0 Å². The van der Waals surface area contributed by atoms with E-state index in [9.17, 15) is 5.11 Å². The standard InChI is InChI=1S/C11H18BrN3O/c1-7-4-5-11(16,8(2)6-7)9-10(12)13-14-15(9)3/h7-8,16H,4-6H2,1-3H3. The minimum absolute atomic E-state index is 0.241. The Morgan fingerprint density at radius 3 is 2.69 bits per heavy atom. The van der Waals surface area contributed by atoms with Crippen molar-refractivity contribution in [2.24, 2.45) is 18.9 Å². The summed E-state index contributed by atoms with van der Waals surface area (Å²) in [4.78, 5) is 0. The second-order valence-electron chi connectivity index (χ2n) is 5.06. The highest BCUT2D eigenvalue weighted by Crippen LogP contribution is 2.44. The molecule has 1 aromatic heterocycles. The lowest BCUT2D eigenvalue weighted by Gasteiger charge is -2.40. The molecule has 16 heavy (non-hydrogen) atoms. The molecule has 1 heterocycles. The Balaban J connectivity index is 2.38. The van der Waals surface area contributed by atoms with Gasteiger partial charge in [-0.2, -0.15) is 0 Å². The molecule has 1 saturated carbocycles. The number of hydrogen-bond donors (Lipinski definition) is 1. The van der Waals surface area contributed by atoms with Gasteiger partial charge in [-0.05, 0) is 47.0 Å². The molecule has 0 spiro atoms. The quantitative estimate of drug-likeness (QED) is 0.862. The molecule has 1 aromatic rings. The topological polar surface area (TPSA) is 50.9 Å². The summed E-state index contributed by atoms with van der Waals surface area (Å²) in [6.45, 7) is 4.35. The van der Waals surface area contributed by atoms with Crippen molar-refractivity contribution in [3.8, 4) is 0 Å². The van der Waals surface area contributed by atoms with E-state index in [1.165, 1.54) is 0 Å². The zero-order chi connectivity index (χ0) is 11.9. The molecule has 3 atom stereocenters. The highest BCUT2D eigenvalue weighted by molar-refractivity contribution is 9.10. The number of rotatable bonds is 1. The average molecular weight is 288 g/mol. The lowest BCUT2D eigenvalue weighted by atomic mass is 9.71. The monoisotopic (exact) mass is 287 g/mol.